The van der Waals surface area contributed by atoms with Crippen LogP contribution in [0.3, 0.4) is 0 Å². The van der Waals surface area contributed by atoms with E-state index in [1.807, 2.05) is 18.5 Å². The molecule has 130 valence electrons. The molecule has 2 aromatic rings. The summed E-state index contributed by atoms with van der Waals surface area (Å²) >= 11 is 1.65. The molecule has 0 aliphatic heterocycles. The van der Waals surface area contributed by atoms with E-state index >= 15 is 0 Å². The predicted octanol–water partition coefficient (Wildman–Crippen LogP) is 3.28. The summed E-state index contributed by atoms with van der Waals surface area (Å²) in [6, 6.07) is 4.44. The van der Waals surface area contributed by atoms with E-state index in [4.69, 9.17) is 9.47 Å². The van der Waals surface area contributed by atoms with Crippen LogP contribution in [0.2, 0.25) is 0 Å². The minimum Gasteiger partial charge on any atom is -0.496 e. The Morgan fingerprint density at radius 3 is 2.50 bits per heavy atom. The van der Waals surface area contributed by atoms with Gasteiger partial charge in [0.05, 0.1) is 24.8 Å². The van der Waals surface area contributed by atoms with Gasteiger partial charge in [0, 0.05) is 43.2 Å². The molecule has 0 aliphatic carbocycles. The summed E-state index contributed by atoms with van der Waals surface area (Å²) in [6.07, 6.45) is 8.14. The van der Waals surface area contributed by atoms with E-state index in [1.54, 1.807) is 38.4 Å². The fourth-order valence-corrected chi connectivity index (χ4v) is 3.10. The molecule has 0 saturated heterocycles. The van der Waals surface area contributed by atoms with Crippen LogP contribution in [0.5, 0.6) is 11.5 Å². The molecule has 0 radical (unpaired) electrons. The Balaban J connectivity index is 2.13. The zero-order valence-corrected chi connectivity index (χ0v) is 15.8. The van der Waals surface area contributed by atoms with Crippen LogP contribution >= 0.6 is 11.8 Å². The number of hydrogen-bond acceptors (Lipinski definition) is 6. The van der Waals surface area contributed by atoms with Crippen molar-refractivity contribution in [3.8, 4) is 11.5 Å². The van der Waals surface area contributed by atoms with E-state index in [-0.39, 0.29) is 0 Å². The Hall–Kier alpha value is -1.79. The van der Waals surface area contributed by atoms with Gasteiger partial charge >= 0.3 is 0 Å². The number of aromatic nitrogens is 2. The zero-order valence-electron chi connectivity index (χ0n) is 14.9. The van der Waals surface area contributed by atoms with E-state index in [0.29, 0.717) is 6.04 Å². The average Bonchev–Trinajstić information content (AvgIpc) is 2.61. The maximum Gasteiger partial charge on any atom is 0.132 e. The minimum atomic E-state index is 0.331. The predicted molar refractivity (Wildman–Crippen MR) is 98.0 cm³/mol. The molecule has 0 fully saturated rings. The summed E-state index contributed by atoms with van der Waals surface area (Å²) in [7, 11) is 5.51. The standard InChI is InChI=1S/C18H25N3O2S/c1-13(8-15-11-19-6-7-20-15)21(2)12-14-9-17(23-4)18(24-5)10-16(14)22-3/h6-7,9-11,13H,8,12H2,1-5H3. The van der Waals surface area contributed by atoms with Crippen LogP contribution in [-0.2, 0) is 13.0 Å². The molecule has 1 heterocycles. The first kappa shape index (κ1) is 18.5. The van der Waals surface area contributed by atoms with Crippen LogP contribution in [0, 0.1) is 0 Å². The second-order valence-corrected chi connectivity index (χ2v) is 6.53. The van der Waals surface area contributed by atoms with Crippen molar-refractivity contribution in [2.24, 2.45) is 0 Å². The molecule has 24 heavy (non-hydrogen) atoms. The zero-order chi connectivity index (χ0) is 17.5. The van der Waals surface area contributed by atoms with E-state index in [9.17, 15) is 0 Å². The number of thioether (sulfide) groups is 1. The van der Waals surface area contributed by atoms with E-state index in [2.05, 4.69) is 34.9 Å². The summed E-state index contributed by atoms with van der Waals surface area (Å²) < 4.78 is 11.1. The van der Waals surface area contributed by atoms with Gasteiger partial charge in [0.1, 0.15) is 11.5 Å². The van der Waals surface area contributed by atoms with Gasteiger partial charge in [-0.25, -0.2) is 0 Å². The molecule has 1 aromatic heterocycles. The highest BCUT2D eigenvalue weighted by Crippen LogP contribution is 2.35. The van der Waals surface area contributed by atoms with Crippen molar-refractivity contribution >= 4 is 11.8 Å². The molecule has 0 spiro atoms. The van der Waals surface area contributed by atoms with Gasteiger partial charge in [-0.3, -0.25) is 14.9 Å². The van der Waals surface area contributed by atoms with E-state index in [0.717, 1.165) is 40.6 Å². The largest absolute Gasteiger partial charge is 0.496 e. The normalized spacial score (nSPS) is 12.2. The SMILES string of the molecule is COc1cc(SC)c(OC)cc1CN(C)C(C)Cc1cnccn1. The molecule has 2 rings (SSSR count). The van der Waals surface area contributed by atoms with Gasteiger partial charge < -0.3 is 9.47 Å². The average molecular weight is 347 g/mol. The van der Waals surface area contributed by atoms with Crippen molar-refractivity contribution < 1.29 is 9.47 Å². The van der Waals surface area contributed by atoms with Crippen LogP contribution in [0.25, 0.3) is 0 Å². The van der Waals surface area contributed by atoms with Crippen LogP contribution < -0.4 is 9.47 Å². The molecular formula is C18H25N3O2S. The number of benzene rings is 1. The number of hydrogen-bond donors (Lipinski definition) is 0. The minimum absolute atomic E-state index is 0.331. The van der Waals surface area contributed by atoms with Gasteiger partial charge in [-0.1, -0.05) is 0 Å². The third kappa shape index (κ3) is 4.61. The van der Waals surface area contributed by atoms with Crippen LogP contribution in [0.1, 0.15) is 18.2 Å². The molecule has 1 atom stereocenters. The summed E-state index contributed by atoms with van der Waals surface area (Å²) in [4.78, 5) is 11.8. The fraction of sp³-hybridized carbons (Fsp3) is 0.444. The molecule has 0 amide bonds. The first-order valence-electron chi connectivity index (χ1n) is 7.83. The Morgan fingerprint density at radius 1 is 1.17 bits per heavy atom. The highest BCUT2D eigenvalue weighted by atomic mass is 32.2. The van der Waals surface area contributed by atoms with Gasteiger partial charge in [0.25, 0.3) is 0 Å². The Labute approximate surface area is 148 Å². The van der Waals surface area contributed by atoms with Gasteiger partial charge in [0.15, 0.2) is 0 Å². The fourth-order valence-electron chi connectivity index (χ4n) is 2.53. The van der Waals surface area contributed by atoms with Crippen LogP contribution in [0.4, 0.5) is 0 Å². The second-order valence-electron chi connectivity index (χ2n) is 5.68. The van der Waals surface area contributed by atoms with Crippen LogP contribution in [0.15, 0.2) is 35.6 Å². The first-order chi connectivity index (χ1) is 11.6. The lowest BCUT2D eigenvalue weighted by atomic mass is 10.1. The molecule has 5 nitrogen and oxygen atoms in total. The molecule has 0 aliphatic rings. The van der Waals surface area contributed by atoms with Gasteiger partial charge in [0.2, 0.25) is 0 Å². The van der Waals surface area contributed by atoms with E-state index in [1.165, 1.54) is 0 Å². The van der Waals surface area contributed by atoms with Gasteiger partial charge in [-0.05, 0) is 32.4 Å². The van der Waals surface area contributed by atoms with Crippen molar-refractivity contribution in [2.45, 2.75) is 30.8 Å². The molecule has 0 N–H and O–H groups in total. The highest BCUT2D eigenvalue weighted by Gasteiger charge is 2.16. The lowest BCUT2D eigenvalue weighted by molar-refractivity contribution is 0.242. The Bertz CT molecular complexity index is 652. The third-order valence-corrected chi connectivity index (χ3v) is 4.84. The quantitative estimate of drug-likeness (QED) is 0.683. The third-order valence-electron chi connectivity index (χ3n) is 4.08. The van der Waals surface area contributed by atoms with Crippen molar-refractivity contribution in [1.82, 2.24) is 14.9 Å². The van der Waals surface area contributed by atoms with Crippen molar-refractivity contribution in [1.29, 1.82) is 0 Å². The molecule has 0 bridgehead atoms. The number of nitrogens with zero attached hydrogens (tertiary/aromatic N) is 3. The number of rotatable bonds is 8. The maximum absolute atomic E-state index is 5.57. The molecule has 6 heteroatoms. The lowest BCUT2D eigenvalue weighted by Gasteiger charge is -2.25. The second kappa shape index (κ2) is 8.89. The molecule has 1 aromatic carbocycles. The van der Waals surface area contributed by atoms with E-state index < -0.39 is 0 Å². The van der Waals surface area contributed by atoms with Gasteiger partial charge in [-0.2, -0.15) is 0 Å². The topological polar surface area (TPSA) is 47.5 Å². The Morgan fingerprint density at radius 2 is 1.92 bits per heavy atom. The molecular weight excluding hydrogens is 322 g/mol. The highest BCUT2D eigenvalue weighted by molar-refractivity contribution is 7.98. The smallest absolute Gasteiger partial charge is 0.132 e. The van der Waals surface area contributed by atoms with Crippen molar-refractivity contribution in [3.05, 3.63) is 42.0 Å². The summed E-state index contributed by atoms with van der Waals surface area (Å²) in [6.45, 7) is 2.96. The summed E-state index contributed by atoms with van der Waals surface area (Å²) in [5, 5.41) is 0. The first-order valence-corrected chi connectivity index (χ1v) is 9.05. The number of likely N-dealkylation sites (N-methyl/N-ethyl adjacent to an activating group) is 1. The summed E-state index contributed by atoms with van der Waals surface area (Å²) in [5.74, 6) is 1.77. The number of methoxy groups -OCH3 is 2. The Kier molecular flexibility index (Phi) is 6.87. The van der Waals surface area contributed by atoms with Gasteiger partial charge in [-0.15, -0.1) is 11.8 Å². The monoisotopic (exact) mass is 347 g/mol. The molecule has 1 unspecified atom stereocenters. The van der Waals surface area contributed by atoms with Crippen molar-refractivity contribution in [2.75, 3.05) is 27.5 Å². The summed E-state index contributed by atoms with van der Waals surface area (Å²) in [5.41, 5.74) is 2.11. The maximum atomic E-state index is 5.57. The number of ether oxygens (including phenoxy) is 2. The lowest BCUT2D eigenvalue weighted by Crippen LogP contribution is -2.30. The molecule has 0 saturated carbocycles. The van der Waals surface area contributed by atoms with Crippen LogP contribution in [-0.4, -0.2) is 48.4 Å². The van der Waals surface area contributed by atoms with Crippen molar-refractivity contribution in [3.63, 3.8) is 0 Å².